The first kappa shape index (κ1) is 11.4. The Labute approximate surface area is 93.6 Å². The highest BCUT2D eigenvalue weighted by molar-refractivity contribution is 4.90. The van der Waals surface area contributed by atoms with E-state index in [9.17, 15) is 0 Å². The fourth-order valence-corrected chi connectivity index (χ4v) is 2.71. The van der Waals surface area contributed by atoms with Gasteiger partial charge >= 0.3 is 0 Å². The first-order valence-corrected chi connectivity index (χ1v) is 6.31. The zero-order chi connectivity index (χ0) is 10.8. The van der Waals surface area contributed by atoms with Gasteiger partial charge in [-0.2, -0.15) is 0 Å². The minimum atomic E-state index is 0.438. The van der Waals surface area contributed by atoms with Crippen LogP contribution in [0.3, 0.4) is 0 Å². The molecule has 0 radical (unpaired) electrons. The molecule has 2 rings (SSSR count). The Morgan fingerprint density at radius 2 is 2.07 bits per heavy atom. The van der Waals surface area contributed by atoms with E-state index < -0.39 is 0 Å². The van der Waals surface area contributed by atoms with Crippen molar-refractivity contribution in [3.8, 4) is 0 Å². The zero-order valence-electron chi connectivity index (χ0n) is 10.2. The normalized spacial score (nSPS) is 30.0. The van der Waals surface area contributed by atoms with Crippen LogP contribution in [0.15, 0.2) is 0 Å². The Morgan fingerprint density at radius 1 is 1.33 bits per heavy atom. The number of nitrogens with zero attached hydrogens (tertiary/aromatic N) is 2. The van der Waals surface area contributed by atoms with Crippen molar-refractivity contribution in [1.82, 2.24) is 9.80 Å². The molecule has 2 unspecified atom stereocenters. The molecule has 0 aromatic heterocycles. The molecule has 0 amide bonds. The average molecular weight is 211 g/mol. The van der Waals surface area contributed by atoms with E-state index in [0.29, 0.717) is 6.04 Å². The second-order valence-electron chi connectivity index (χ2n) is 5.55. The van der Waals surface area contributed by atoms with E-state index in [4.69, 9.17) is 5.73 Å². The fourth-order valence-electron chi connectivity index (χ4n) is 2.71. The molecule has 0 spiro atoms. The quantitative estimate of drug-likeness (QED) is 0.728. The van der Waals surface area contributed by atoms with Gasteiger partial charge in [0.15, 0.2) is 0 Å². The molecule has 3 nitrogen and oxygen atoms in total. The molecule has 2 N–H and O–H groups in total. The molecular weight excluding hydrogens is 186 g/mol. The number of rotatable bonds is 5. The maximum Gasteiger partial charge on any atom is 0.0224 e. The van der Waals surface area contributed by atoms with Crippen molar-refractivity contribution in [1.29, 1.82) is 0 Å². The van der Waals surface area contributed by atoms with E-state index >= 15 is 0 Å². The lowest BCUT2D eigenvalue weighted by molar-refractivity contribution is 0.193. The van der Waals surface area contributed by atoms with E-state index in [2.05, 4.69) is 23.9 Å². The third-order valence-electron chi connectivity index (χ3n) is 3.75. The first-order valence-electron chi connectivity index (χ1n) is 6.31. The first-order chi connectivity index (χ1) is 7.16. The van der Waals surface area contributed by atoms with Crippen LogP contribution in [0.5, 0.6) is 0 Å². The minimum Gasteiger partial charge on any atom is -0.326 e. The van der Waals surface area contributed by atoms with E-state index in [1.54, 1.807) is 0 Å². The van der Waals surface area contributed by atoms with Crippen LogP contribution in [0.4, 0.5) is 0 Å². The Balaban J connectivity index is 1.78. The van der Waals surface area contributed by atoms with Gasteiger partial charge in [0.1, 0.15) is 0 Å². The van der Waals surface area contributed by atoms with Crippen LogP contribution in [0.2, 0.25) is 0 Å². The monoisotopic (exact) mass is 211 g/mol. The van der Waals surface area contributed by atoms with Gasteiger partial charge in [0.2, 0.25) is 0 Å². The molecule has 0 aromatic carbocycles. The number of hydrogen-bond acceptors (Lipinski definition) is 3. The van der Waals surface area contributed by atoms with Crippen molar-refractivity contribution in [2.45, 2.75) is 37.8 Å². The van der Waals surface area contributed by atoms with Gasteiger partial charge in [-0.05, 0) is 52.2 Å². The number of likely N-dealkylation sites (tertiary alicyclic amines) is 1. The summed E-state index contributed by atoms with van der Waals surface area (Å²) in [6.07, 6.45) is 5.45. The van der Waals surface area contributed by atoms with Crippen molar-refractivity contribution < 1.29 is 0 Å². The summed E-state index contributed by atoms with van der Waals surface area (Å²) in [6, 6.07) is 1.19. The number of likely N-dealkylation sites (N-methyl/N-ethyl adjacent to an activating group) is 1. The summed E-state index contributed by atoms with van der Waals surface area (Å²) < 4.78 is 0. The molecule has 1 aliphatic carbocycles. The lowest BCUT2D eigenvalue weighted by Crippen LogP contribution is -2.44. The average Bonchev–Trinajstić information content (AvgIpc) is 2.92. The lowest BCUT2D eigenvalue weighted by Gasteiger charge is -2.29. The summed E-state index contributed by atoms with van der Waals surface area (Å²) >= 11 is 0. The van der Waals surface area contributed by atoms with Crippen molar-refractivity contribution >= 4 is 0 Å². The summed E-state index contributed by atoms with van der Waals surface area (Å²) in [4.78, 5) is 4.91. The number of hydrogen-bond donors (Lipinski definition) is 1. The molecule has 1 heterocycles. The maximum absolute atomic E-state index is 6.20. The molecule has 0 aromatic rings. The van der Waals surface area contributed by atoms with Gasteiger partial charge in [0.05, 0.1) is 0 Å². The molecule has 15 heavy (non-hydrogen) atoms. The Morgan fingerprint density at radius 3 is 2.67 bits per heavy atom. The van der Waals surface area contributed by atoms with Crippen molar-refractivity contribution in [2.75, 3.05) is 33.7 Å². The predicted octanol–water partition coefficient (Wildman–Crippen LogP) is 0.750. The van der Waals surface area contributed by atoms with Gasteiger partial charge in [0, 0.05) is 25.2 Å². The summed E-state index contributed by atoms with van der Waals surface area (Å²) in [5, 5.41) is 0. The molecular formula is C12H25N3. The number of nitrogens with two attached hydrogens (primary N) is 1. The van der Waals surface area contributed by atoms with E-state index in [-0.39, 0.29) is 0 Å². The maximum atomic E-state index is 6.20. The summed E-state index contributed by atoms with van der Waals surface area (Å²) in [6.45, 7) is 3.58. The molecule has 1 aliphatic heterocycles. The highest BCUT2D eigenvalue weighted by atomic mass is 15.2. The second-order valence-corrected chi connectivity index (χ2v) is 5.55. The van der Waals surface area contributed by atoms with Crippen LogP contribution < -0.4 is 5.73 Å². The van der Waals surface area contributed by atoms with Crippen LogP contribution in [-0.4, -0.2) is 55.6 Å². The van der Waals surface area contributed by atoms with Gasteiger partial charge in [-0.3, -0.25) is 4.90 Å². The van der Waals surface area contributed by atoms with Gasteiger partial charge in [0.25, 0.3) is 0 Å². The predicted molar refractivity (Wildman–Crippen MR) is 63.8 cm³/mol. The lowest BCUT2D eigenvalue weighted by atomic mass is 10.1. The second kappa shape index (κ2) is 4.81. The van der Waals surface area contributed by atoms with Crippen LogP contribution in [0.25, 0.3) is 0 Å². The van der Waals surface area contributed by atoms with Crippen LogP contribution in [0.1, 0.15) is 25.7 Å². The topological polar surface area (TPSA) is 32.5 Å². The summed E-state index contributed by atoms with van der Waals surface area (Å²) in [5.74, 6) is 0.839. The van der Waals surface area contributed by atoms with E-state index in [1.807, 2.05) is 0 Å². The highest BCUT2D eigenvalue weighted by Crippen LogP contribution is 2.32. The Bertz CT molecular complexity index is 201. The molecule has 2 atom stereocenters. The molecule has 2 aliphatic rings. The van der Waals surface area contributed by atoms with Crippen molar-refractivity contribution in [3.05, 3.63) is 0 Å². The minimum absolute atomic E-state index is 0.438. The summed E-state index contributed by atoms with van der Waals surface area (Å²) in [7, 11) is 4.33. The van der Waals surface area contributed by atoms with Crippen LogP contribution in [0, 0.1) is 5.92 Å². The fraction of sp³-hybridized carbons (Fsp3) is 1.00. The summed E-state index contributed by atoms with van der Waals surface area (Å²) in [5.41, 5.74) is 6.20. The standard InChI is InChI=1S/C12H25N3/c1-14(2)8-11-4-3-7-15(11)9-12(13)10-5-6-10/h10-12H,3-9,13H2,1-2H3. The van der Waals surface area contributed by atoms with Crippen molar-refractivity contribution in [2.24, 2.45) is 11.7 Å². The SMILES string of the molecule is CN(C)CC1CCCN1CC(N)C1CC1. The molecule has 0 bridgehead atoms. The zero-order valence-corrected chi connectivity index (χ0v) is 10.2. The van der Waals surface area contributed by atoms with Gasteiger partial charge in [-0.1, -0.05) is 0 Å². The van der Waals surface area contributed by atoms with Gasteiger partial charge in [-0.15, -0.1) is 0 Å². The van der Waals surface area contributed by atoms with Gasteiger partial charge in [-0.25, -0.2) is 0 Å². The van der Waals surface area contributed by atoms with Crippen molar-refractivity contribution in [3.63, 3.8) is 0 Å². The largest absolute Gasteiger partial charge is 0.326 e. The van der Waals surface area contributed by atoms with Crippen LogP contribution >= 0.6 is 0 Å². The smallest absolute Gasteiger partial charge is 0.0224 e. The molecule has 1 saturated carbocycles. The third kappa shape index (κ3) is 3.16. The molecule has 1 saturated heterocycles. The Hall–Kier alpha value is -0.120. The van der Waals surface area contributed by atoms with Crippen LogP contribution in [-0.2, 0) is 0 Å². The highest BCUT2D eigenvalue weighted by Gasteiger charge is 2.33. The third-order valence-corrected chi connectivity index (χ3v) is 3.75. The molecule has 2 fully saturated rings. The van der Waals surface area contributed by atoms with E-state index in [0.717, 1.165) is 18.5 Å². The Kier molecular flexibility index (Phi) is 3.65. The molecule has 88 valence electrons. The van der Waals surface area contributed by atoms with E-state index in [1.165, 1.54) is 38.8 Å². The van der Waals surface area contributed by atoms with Gasteiger partial charge < -0.3 is 10.6 Å². The molecule has 3 heteroatoms.